The maximum Gasteiger partial charge on any atom is 0.205 e. The monoisotopic (exact) mass is 447 g/mol. The number of ether oxygens (including phenoxy) is 3. The molecular weight excluding hydrogens is 425 g/mol. The summed E-state index contributed by atoms with van der Waals surface area (Å²) in [6.45, 7) is 4.39. The Morgan fingerprint density at radius 3 is 2.63 bits per heavy atom. The highest BCUT2D eigenvalue weighted by Gasteiger charge is 2.45. The van der Waals surface area contributed by atoms with Crippen LogP contribution in [0.4, 0.5) is 5.69 Å². The third-order valence-corrected chi connectivity index (χ3v) is 5.69. The first-order valence-corrected chi connectivity index (χ1v) is 10.3. The Morgan fingerprint density at radius 1 is 1.23 bits per heavy atom. The van der Waals surface area contributed by atoms with Gasteiger partial charge in [0.05, 0.1) is 25.2 Å². The molecule has 8 heteroatoms. The summed E-state index contributed by atoms with van der Waals surface area (Å²) >= 11 is 12.6. The maximum atomic E-state index is 6.52. The van der Waals surface area contributed by atoms with E-state index in [1.54, 1.807) is 31.6 Å². The zero-order valence-electron chi connectivity index (χ0n) is 17.0. The van der Waals surface area contributed by atoms with Gasteiger partial charge in [-0.2, -0.15) is 0 Å². The molecule has 3 aromatic rings. The third kappa shape index (κ3) is 4.14. The SMILES string of the molecule is COc1cc(C)c(NC2COC(Cc3ncc[nH]3)(c3ccc(Cl)cc3Cl)O2)c(C)c1. The standard InChI is InChI=1S/C22H23Cl2N3O3/c1-13-8-16(28-3)9-14(2)21(13)27-20-12-29-22(30-20,11-19-25-6-7-26-19)17-5-4-15(23)10-18(17)24/h4-10,20,27H,11-12H2,1-3H3,(H,25,26). The Bertz CT molecular complexity index is 1020. The zero-order chi connectivity index (χ0) is 21.3. The smallest absolute Gasteiger partial charge is 0.205 e. The number of benzene rings is 2. The van der Waals surface area contributed by atoms with Crippen LogP contribution < -0.4 is 10.1 Å². The van der Waals surface area contributed by atoms with Gasteiger partial charge in [-0.1, -0.05) is 29.3 Å². The molecule has 4 rings (SSSR count). The van der Waals surface area contributed by atoms with Crippen LogP contribution in [0.5, 0.6) is 5.75 Å². The molecule has 2 heterocycles. The van der Waals surface area contributed by atoms with Crippen molar-refractivity contribution in [1.29, 1.82) is 0 Å². The summed E-state index contributed by atoms with van der Waals surface area (Å²) < 4.78 is 18.0. The van der Waals surface area contributed by atoms with E-state index in [9.17, 15) is 0 Å². The first kappa shape index (κ1) is 21.0. The second-order valence-electron chi connectivity index (χ2n) is 7.29. The molecule has 0 spiro atoms. The summed E-state index contributed by atoms with van der Waals surface area (Å²) in [6, 6.07) is 9.26. The number of halogens is 2. The van der Waals surface area contributed by atoms with Crippen LogP contribution >= 0.6 is 23.2 Å². The molecule has 2 N–H and O–H groups in total. The predicted octanol–water partition coefficient (Wildman–Crippen LogP) is 5.22. The third-order valence-electron chi connectivity index (χ3n) is 5.14. The molecular formula is C22H23Cl2N3O3. The molecule has 0 aliphatic carbocycles. The molecule has 0 bridgehead atoms. The number of aromatic nitrogens is 2. The second-order valence-corrected chi connectivity index (χ2v) is 8.13. The summed E-state index contributed by atoms with van der Waals surface area (Å²) in [6.07, 6.45) is 3.46. The van der Waals surface area contributed by atoms with E-state index in [2.05, 4.69) is 15.3 Å². The van der Waals surface area contributed by atoms with Crippen molar-refractivity contribution < 1.29 is 14.2 Å². The molecule has 158 valence electrons. The lowest BCUT2D eigenvalue weighted by atomic mass is 10.0. The molecule has 2 aromatic carbocycles. The van der Waals surface area contributed by atoms with Gasteiger partial charge in [0.2, 0.25) is 5.79 Å². The molecule has 1 fully saturated rings. The summed E-state index contributed by atoms with van der Waals surface area (Å²) in [5.41, 5.74) is 3.81. The average Bonchev–Trinajstić information content (AvgIpc) is 3.35. The Hall–Kier alpha value is -2.25. The second kappa shape index (κ2) is 8.47. The molecule has 6 nitrogen and oxygen atoms in total. The Balaban J connectivity index is 1.64. The minimum absolute atomic E-state index is 0.338. The molecule has 0 saturated carbocycles. The summed E-state index contributed by atoms with van der Waals surface area (Å²) in [7, 11) is 1.66. The fourth-order valence-electron chi connectivity index (χ4n) is 3.75. The molecule has 1 aromatic heterocycles. The molecule has 1 aliphatic rings. The zero-order valence-corrected chi connectivity index (χ0v) is 18.5. The van der Waals surface area contributed by atoms with Crippen molar-refractivity contribution in [2.75, 3.05) is 19.0 Å². The molecule has 2 unspecified atom stereocenters. The highest BCUT2D eigenvalue weighted by atomic mass is 35.5. The lowest BCUT2D eigenvalue weighted by Gasteiger charge is -2.29. The van der Waals surface area contributed by atoms with Crippen LogP contribution in [-0.2, 0) is 21.7 Å². The van der Waals surface area contributed by atoms with Crippen molar-refractivity contribution in [3.8, 4) is 5.75 Å². The van der Waals surface area contributed by atoms with E-state index in [4.69, 9.17) is 37.4 Å². The first-order chi connectivity index (χ1) is 14.4. The fraction of sp³-hybridized carbons (Fsp3) is 0.318. The normalized spacial score (nSPS) is 21.0. The van der Waals surface area contributed by atoms with Crippen LogP contribution in [-0.4, -0.2) is 29.9 Å². The Kier molecular flexibility index (Phi) is 5.93. The lowest BCUT2D eigenvalue weighted by molar-refractivity contribution is -0.174. The van der Waals surface area contributed by atoms with Crippen LogP contribution in [0.25, 0.3) is 0 Å². The predicted molar refractivity (Wildman–Crippen MR) is 117 cm³/mol. The van der Waals surface area contributed by atoms with Gasteiger partial charge in [-0.3, -0.25) is 0 Å². The van der Waals surface area contributed by atoms with E-state index in [1.807, 2.05) is 32.0 Å². The topological polar surface area (TPSA) is 68.4 Å². The number of imidazole rings is 1. The van der Waals surface area contributed by atoms with E-state index >= 15 is 0 Å². The number of methoxy groups -OCH3 is 1. The number of hydrogen-bond donors (Lipinski definition) is 2. The van der Waals surface area contributed by atoms with E-state index in [0.29, 0.717) is 28.6 Å². The number of anilines is 1. The minimum atomic E-state index is -1.09. The van der Waals surface area contributed by atoms with Crippen molar-refractivity contribution in [1.82, 2.24) is 9.97 Å². The van der Waals surface area contributed by atoms with Crippen LogP contribution in [0.1, 0.15) is 22.5 Å². The van der Waals surface area contributed by atoms with E-state index < -0.39 is 5.79 Å². The maximum absolute atomic E-state index is 6.52. The van der Waals surface area contributed by atoms with Crippen molar-refractivity contribution in [3.63, 3.8) is 0 Å². The number of hydrogen-bond acceptors (Lipinski definition) is 5. The van der Waals surface area contributed by atoms with Crippen LogP contribution in [0.15, 0.2) is 42.7 Å². The van der Waals surface area contributed by atoms with Crippen molar-refractivity contribution in [3.05, 3.63) is 75.3 Å². The minimum Gasteiger partial charge on any atom is -0.497 e. The summed E-state index contributed by atoms with van der Waals surface area (Å²) in [5.74, 6) is 0.462. The number of aromatic amines is 1. The van der Waals surface area contributed by atoms with Crippen LogP contribution in [0, 0.1) is 13.8 Å². The number of H-pyrrole nitrogens is 1. The van der Waals surface area contributed by atoms with Gasteiger partial charge in [0, 0.05) is 28.7 Å². The number of nitrogens with zero attached hydrogens (tertiary/aromatic N) is 1. The van der Waals surface area contributed by atoms with E-state index in [-0.39, 0.29) is 6.23 Å². The number of rotatable bonds is 6. The number of aryl methyl sites for hydroxylation is 2. The number of nitrogens with one attached hydrogen (secondary N) is 2. The van der Waals surface area contributed by atoms with Gasteiger partial charge in [0.15, 0.2) is 6.23 Å². The highest BCUT2D eigenvalue weighted by molar-refractivity contribution is 6.35. The Morgan fingerprint density at radius 2 is 2.00 bits per heavy atom. The molecule has 1 aliphatic heterocycles. The highest BCUT2D eigenvalue weighted by Crippen LogP contribution is 2.41. The van der Waals surface area contributed by atoms with Crippen molar-refractivity contribution in [2.45, 2.75) is 32.3 Å². The van der Waals surface area contributed by atoms with Crippen LogP contribution in [0.3, 0.4) is 0 Å². The summed E-state index contributed by atoms with van der Waals surface area (Å²) in [5, 5.41) is 4.49. The quantitative estimate of drug-likeness (QED) is 0.541. The largest absolute Gasteiger partial charge is 0.497 e. The molecule has 1 saturated heterocycles. The van der Waals surface area contributed by atoms with Crippen LogP contribution in [0.2, 0.25) is 10.0 Å². The van der Waals surface area contributed by atoms with Gasteiger partial charge in [0.25, 0.3) is 0 Å². The van der Waals surface area contributed by atoms with Gasteiger partial charge >= 0.3 is 0 Å². The van der Waals surface area contributed by atoms with Gasteiger partial charge in [-0.15, -0.1) is 0 Å². The first-order valence-electron chi connectivity index (χ1n) is 9.57. The van der Waals surface area contributed by atoms with E-state index in [0.717, 1.165) is 28.4 Å². The fourth-order valence-corrected chi connectivity index (χ4v) is 4.30. The molecule has 30 heavy (non-hydrogen) atoms. The van der Waals surface area contributed by atoms with E-state index in [1.165, 1.54) is 0 Å². The molecule has 0 radical (unpaired) electrons. The molecule has 0 amide bonds. The van der Waals surface area contributed by atoms with Gasteiger partial charge < -0.3 is 24.5 Å². The van der Waals surface area contributed by atoms with Crippen molar-refractivity contribution >= 4 is 28.9 Å². The summed E-state index contributed by atoms with van der Waals surface area (Å²) in [4.78, 5) is 7.45. The van der Waals surface area contributed by atoms with Gasteiger partial charge in [-0.25, -0.2) is 4.98 Å². The van der Waals surface area contributed by atoms with Gasteiger partial charge in [-0.05, 0) is 49.2 Å². The molecule has 2 atom stereocenters. The van der Waals surface area contributed by atoms with Gasteiger partial charge in [0.1, 0.15) is 11.6 Å². The Labute approximate surface area is 185 Å². The average molecular weight is 448 g/mol. The lowest BCUT2D eigenvalue weighted by Crippen LogP contribution is -2.33. The van der Waals surface area contributed by atoms with Crippen molar-refractivity contribution in [2.24, 2.45) is 0 Å².